The standard InChI is InChI=1S/C24H30N4O3/c1-5-26-10-12-27(13-11-26)17(3)23-16(2)20(24(29)30)15-21-19(7-9-28(21)23)18-6-8-25-22(14-18)31-4/h6-9,14-15,17H,5,10-13H2,1-4H3,(H,29,30). The van der Waals surface area contributed by atoms with E-state index in [9.17, 15) is 9.90 Å². The van der Waals surface area contributed by atoms with E-state index in [2.05, 4.69) is 33.0 Å². The van der Waals surface area contributed by atoms with Gasteiger partial charge in [-0.1, -0.05) is 6.92 Å². The summed E-state index contributed by atoms with van der Waals surface area (Å²) >= 11 is 0. The summed E-state index contributed by atoms with van der Waals surface area (Å²) in [6, 6.07) is 7.73. The number of methoxy groups -OCH3 is 1. The second kappa shape index (κ2) is 8.69. The minimum atomic E-state index is -0.899. The van der Waals surface area contributed by atoms with Gasteiger partial charge in [-0.25, -0.2) is 9.78 Å². The predicted octanol–water partition coefficient (Wildman–Crippen LogP) is 3.72. The molecule has 31 heavy (non-hydrogen) atoms. The number of aromatic nitrogens is 2. The van der Waals surface area contributed by atoms with Crippen LogP contribution in [-0.2, 0) is 0 Å². The molecule has 1 saturated heterocycles. The number of hydrogen-bond acceptors (Lipinski definition) is 5. The van der Waals surface area contributed by atoms with E-state index >= 15 is 0 Å². The number of carboxylic acid groups (broad SMARTS) is 1. The van der Waals surface area contributed by atoms with Gasteiger partial charge in [0.25, 0.3) is 0 Å². The highest BCUT2D eigenvalue weighted by Crippen LogP contribution is 2.34. The smallest absolute Gasteiger partial charge is 0.336 e. The second-order valence-electron chi connectivity index (χ2n) is 8.09. The predicted molar refractivity (Wildman–Crippen MR) is 121 cm³/mol. The molecule has 0 aromatic carbocycles. The molecule has 1 atom stereocenters. The van der Waals surface area contributed by atoms with Gasteiger partial charge in [0.15, 0.2) is 0 Å². The van der Waals surface area contributed by atoms with Crippen molar-refractivity contribution in [3.63, 3.8) is 0 Å². The van der Waals surface area contributed by atoms with Gasteiger partial charge in [-0.05, 0) is 49.7 Å². The lowest BCUT2D eigenvalue weighted by molar-refractivity contribution is 0.0695. The van der Waals surface area contributed by atoms with Crippen LogP contribution < -0.4 is 4.74 Å². The first kappa shape index (κ1) is 21.3. The fraction of sp³-hybridized carbons (Fsp3) is 0.417. The van der Waals surface area contributed by atoms with E-state index in [1.54, 1.807) is 19.4 Å². The summed E-state index contributed by atoms with van der Waals surface area (Å²) in [5.74, 6) is -0.367. The van der Waals surface area contributed by atoms with Crippen molar-refractivity contribution in [2.45, 2.75) is 26.8 Å². The fourth-order valence-electron chi connectivity index (χ4n) is 4.67. The van der Waals surface area contributed by atoms with Gasteiger partial charge in [0.1, 0.15) is 0 Å². The summed E-state index contributed by atoms with van der Waals surface area (Å²) in [6.07, 6.45) is 3.76. The molecule has 1 N–H and O–H groups in total. The van der Waals surface area contributed by atoms with E-state index in [0.29, 0.717) is 11.4 Å². The zero-order chi connectivity index (χ0) is 22.1. The van der Waals surface area contributed by atoms with Crippen molar-refractivity contribution in [2.24, 2.45) is 0 Å². The molecule has 0 aliphatic carbocycles. The molecular formula is C24H30N4O3. The van der Waals surface area contributed by atoms with Crippen molar-refractivity contribution in [3.05, 3.63) is 53.5 Å². The van der Waals surface area contributed by atoms with E-state index < -0.39 is 5.97 Å². The Morgan fingerprint density at radius 1 is 1.23 bits per heavy atom. The number of carboxylic acids is 1. The first-order chi connectivity index (χ1) is 14.9. The van der Waals surface area contributed by atoms with Crippen molar-refractivity contribution in [3.8, 4) is 17.0 Å². The van der Waals surface area contributed by atoms with Crippen LogP contribution in [0, 0.1) is 6.92 Å². The van der Waals surface area contributed by atoms with Crippen LogP contribution in [0.1, 0.15) is 41.5 Å². The van der Waals surface area contributed by atoms with E-state index in [-0.39, 0.29) is 6.04 Å². The van der Waals surface area contributed by atoms with Crippen molar-refractivity contribution in [2.75, 3.05) is 39.8 Å². The topological polar surface area (TPSA) is 70.3 Å². The second-order valence-corrected chi connectivity index (χ2v) is 8.09. The highest BCUT2D eigenvalue weighted by Gasteiger charge is 2.27. The number of carbonyl (C=O) groups is 1. The zero-order valence-corrected chi connectivity index (χ0v) is 18.6. The Morgan fingerprint density at radius 3 is 2.61 bits per heavy atom. The maximum Gasteiger partial charge on any atom is 0.336 e. The summed E-state index contributed by atoms with van der Waals surface area (Å²) in [7, 11) is 1.59. The number of aromatic carboxylic acids is 1. The minimum absolute atomic E-state index is 0.105. The lowest BCUT2D eigenvalue weighted by atomic mass is 9.99. The summed E-state index contributed by atoms with van der Waals surface area (Å²) in [5, 5.41) is 9.93. The third kappa shape index (κ3) is 3.91. The largest absolute Gasteiger partial charge is 0.481 e. The highest BCUT2D eigenvalue weighted by molar-refractivity contribution is 5.94. The first-order valence-electron chi connectivity index (χ1n) is 10.8. The average molecular weight is 423 g/mol. The number of pyridine rings is 2. The SMILES string of the molecule is CCN1CCN(C(C)c2c(C)c(C(=O)O)cc3c(-c4ccnc(OC)c4)ccn23)CC1. The number of piperazine rings is 1. The van der Waals surface area contributed by atoms with Crippen molar-refractivity contribution >= 4 is 11.5 Å². The van der Waals surface area contributed by atoms with Crippen LogP contribution in [0.3, 0.4) is 0 Å². The third-order valence-electron chi connectivity index (χ3n) is 6.54. The molecule has 4 rings (SSSR count). The molecule has 0 saturated carbocycles. The number of ether oxygens (including phenoxy) is 1. The lowest BCUT2D eigenvalue weighted by Gasteiger charge is -2.38. The third-order valence-corrected chi connectivity index (χ3v) is 6.54. The Bertz CT molecular complexity index is 1100. The van der Waals surface area contributed by atoms with E-state index in [4.69, 9.17) is 4.74 Å². The molecule has 7 nitrogen and oxygen atoms in total. The van der Waals surface area contributed by atoms with Gasteiger partial charge >= 0.3 is 5.97 Å². The molecule has 164 valence electrons. The molecule has 4 heterocycles. The number of hydrogen-bond donors (Lipinski definition) is 1. The van der Waals surface area contributed by atoms with Crippen LogP contribution in [0.2, 0.25) is 0 Å². The maximum absolute atomic E-state index is 12.1. The Kier molecular flexibility index (Phi) is 5.98. The Morgan fingerprint density at radius 2 is 1.97 bits per heavy atom. The molecule has 1 aliphatic rings. The maximum atomic E-state index is 12.1. The van der Waals surface area contributed by atoms with Gasteiger partial charge in [0, 0.05) is 61.9 Å². The molecule has 3 aromatic heterocycles. The molecule has 1 unspecified atom stereocenters. The summed E-state index contributed by atoms with van der Waals surface area (Å²) < 4.78 is 7.44. The number of fused-ring (bicyclic) bond motifs is 1. The van der Waals surface area contributed by atoms with Crippen molar-refractivity contribution < 1.29 is 14.6 Å². The lowest BCUT2D eigenvalue weighted by Crippen LogP contribution is -2.47. The molecule has 0 amide bonds. The fourth-order valence-corrected chi connectivity index (χ4v) is 4.67. The molecule has 3 aromatic rings. The van der Waals surface area contributed by atoms with Crippen LogP contribution in [0.25, 0.3) is 16.6 Å². The van der Waals surface area contributed by atoms with Crippen LogP contribution in [0.4, 0.5) is 0 Å². The number of nitrogens with zero attached hydrogens (tertiary/aromatic N) is 4. The Balaban J connectivity index is 1.84. The Hall–Kier alpha value is -2.90. The summed E-state index contributed by atoms with van der Waals surface area (Å²) in [5.41, 5.74) is 5.00. The first-order valence-corrected chi connectivity index (χ1v) is 10.8. The van der Waals surface area contributed by atoms with Gasteiger partial charge < -0.3 is 19.1 Å². The monoisotopic (exact) mass is 422 g/mol. The van der Waals surface area contributed by atoms with Crippen LogP contribution >= 0.6 is 0 Å². The van der Waals surface area contributed by atoms with E-state index in [0.717, 1.165) is 60.6 Å². The van der Waals surface area contributed by atoms with Gasteiger partial charge in [-0.2, -0.15) is 0 Å². The van der Waals surface area contributed by atoms with Crippen molar-refractivity contribution in [1.29, 1.82) is 0 Å². The molecule has 0 radical (unpaired) electrons. The average Bonchev–Trinajstić information content (AvgIpc) is 3.21. The molecule has 1 aliphatic heterocycles. The van der Waals surface area contributed by atoms with Gasteiger partial charge in [0.2, 0.25) is 5.88 Å². The molecule has 0 bridgehead atoms. The molecule has 1 fully saturated rings. The van der Waals surface area contributed by atoms with E-state index in [1.807, 2.05) is 31.3 Å². The molecule has 0 spiro atoms. The van der Waals surface area contributed by atoms with Gasteiger partial charge in [0.05, 0.1) is 18.2 Å². The highest BCUT2D eigenvalue weighted by atomic mass is 16.5. The summed E-state index contributed by atoms with van der Waals surface area (Å²) in [4.78, 5) is 21.2. The quantitative estimate of drug-likeness (QED) is 0.653. The van der Waals surface area contributed by atoms with Crippen molar-refractivity contribution in [1.82, 2.24) is 19.2 Å². The Labute approximate surface area is 182 Å². The molecular weight excluding hydrogens is 392 g/mol. The van der Waals surface area contributed by atoms with Crippen LogP contribution in [0.15, 0.2) is 36.7 Å². The molecule has 7 heteroatoms. The van der Waals surface area contributed by atoms with Gasteiger partial charge in [-0.15, -0.1) is 0 Å². The van der Waals surface area contributed by atoms with Crippen LogP contribution in [-0.4, -0.2) is 70.1 Å². The van der Waals surface area contributed by atoms with Crippen LogP contribution in [0.5, 0.6) is 5.88 Å². The van der Waals surface area contributed by atoms with Gasteiger partial charge in [-0.3, -0.25) is 4.90 Å². The van der Waals surface area contributed by atoms with E-state index in [1.165, 1.54) is 0 Å². The number of rotatable bonds is 6. The minimum Gasteiger partial charge on any atom is -0.481 e. The normalized spacial score (nSPS) is 16.5. The number of likely N-dealkylation sites (N-methyl/N-ethyl adjacent to an activating group) is 1. The summed E-state index contributed by atoms with van der Waals surface area (Å²) in [6.45, 7) is 11.4. The zero-order valence-electron chi connectivity index (χ0n) is 18.6.